The number of benzene rings is 12. The zero-order valence-electron chi connectivity index (χ0n) is 75.6. The van der Waals surface area contributed by atoms with Crippen molar-refractivity contribution in [2.24, 2.45) is 0 Å². The average Bonchev–Trinajstić information content (AvgIpc) is 1.50. The second-order valence-electron chi connectivity index (χ2n) is 35.8. The third-order valence-corrected chi connectivity index (χ3v) is 35.2. The fourth-order valence-corrected chi connectivity index (χ4v) is 29.1. The topological polar surface area (TPSA) is 181 Å². The van der Waals surface area contributed by atoms with Crippen LogP contribution < -0.4 is 0 Å². The van der Waals surface area contributed by atoms with E-state index in [9.17, 15) is 0 Å². The van der Waals surface area contributed by atoms with Crippen molar-refractivity contribution in [3.05, 3.63) is 403 Å². The first-order valence-corrected chi connectivity index (χ1v) is 52.0. The number of imidazole rings is 6. The fraction of sp³-hybridized carbons (Fsp3) is 0. The first kappa shape index (κ1) is 81.0. The van der Waals surface area contributed by atoms with E-state index in [1.807, 2.05) is 210 Å². The van der Waals surface area contributed by atoms with Crippen LogP contribution in [-0.2, 0) is 0 Å². The molecule has 672 valence electrons. The standard InChI is InChI=1S/6C20H11N3S/c1-2-6-15-12(4-1)17-16(24-15)8-7-13-18-14(5-3-9-21-18)20-22-10-11-23(20)19(13)17;1-2-6-16-12(4-1)13-7-8-14-17-15(5-3-9-21-17)20-22-10-11-23(20)18(14)19(13)24-16;1-2-6-16-12(4-1)13-7-8-15-17(19(13)24-16)18-14(5-3-9-21-18)20-22-10-11-23(15)20;1-2-6-15-12(4-1)17-16(24-15)8-7-14-18(17)19-13(5-3-9-21-19)20-22-10-11-23(14)20;1-2-6-17-12(4-1)14-10-16-15(11-18(14)24-17)19-13(5-3-7-21-19)20-22-8-9-23(16)20;1-2-6-17-12(4-1)14-10-15-16(11-18(14)24-17)23-9-8-22-20(23)13-5-3-7-21-19(13)15/h6*1-11H. The molecule has 0 aliphatic heterocycles. The van der Waals surface area contributed by atoms with Crippen molar-refractivity contribution in [1.29, 1.82) is 0 Å². The van der Waals surface area contributed by atoms with Gasteiger partial charge in [0.15, 0.2) is 0 Å². The minimum Gasteiger partial charge on any atom is -0.299 e. The summed E-state index contributed by atoms with van der Waals surface area (Å²) in [5.74, 6) is 0. The van der Waals surface area contributed by atoms with Gasteiger partial charge in [0.05, 0.1) is 70.9 Å². The molecular formula is C120H66N18S6. The lowest BCUT2D eigenvalue weighted by Crippen LogP contribution is -1.92. The third-order valence-electron chi connectivity index (χ3n) is 28.2. The van der Waals surface area contributed by atoms with Crippen molar-refractivity contribution < 1.29 is 0 Å². The van der Waals surface area contributed by atoms with Crippen LogP contribution in [0.4, 0.5) is 0 Å². The molecule has 36 aromatic rings. The summed E-state index contributed by atoms with van der Waals surface area (Å²) in [5, 5.41) is 29.3. The molecule has 0 radical (unpaired) electrons. The molecule has 0 amide bonds. The summed E-state index contributed by atoms with van der Waals surface area (Å²) in [6.45, 7) is 0. The maximum Gasteiger partial charge on any atom is 0.146 e. The Labute approximate surface area is 835 Å². The lowest BCUT2D eigenvalue weighted by atomic mass is 10.0. The zero-order chi connectivity index (χ0) is 94.0. The van der Waals surface area contributed by atoms with Gasteiger partial charge >= 0.3 is 0 Å². The molecule has 0 aliphatic carbocycles. The molecular weight excluding hydrogens is 1890 g/mol. The first-order valence-electron chi connectivity index (χ1n) is 47.1. The summed E-state index contributed by atoms with van der Waals surface area (Å²) < 4.78 is 28.8. The van der Waals surface area contributed by atoms with Crippen LogP contribution >= 0.6 is 68.0 Å². The maximum atomic E-state index is 4.73. The second kappa shape index (κ2) is 31.8. The molecule has 36 rings (SSSR count). The van der Waals surface area contributed by atoms with Gasteiger partial charge in [0.25, 0.3) is 0 Å². The normalized spacial score (nSPS) is 12.2. The summed E-state index contributed by atoms with van der Waals surface area (Å²) in [6, 6.07) is 103. The summed E-state index contributed by atoms with van der Waals surface area (Å²) in [7, 11) is 0. The number of hydrogen-bond donors (Lipinski definition) is 0. The molecule has 0 spiro atoms. The van der Waals surface area contributed by atoms with Gasteiger partial charge in [0, 0.05) is 293 Å². The minimum absolute atomic E-state index is 0.962. The van der Waals surface area contributed by atoms with E-state index in [4.69, 9.17) is 9.97 Å². The molecule has 18 nitrogen and oxygen atoms in total. The number of nitrogens with zero attached hydrogens (tertiary/aromatic N) is 18. The Morgan fingerprint density at radius 1 is 0.146 bits per heavy atom. The molecule has 0 saturated carbocycles. The molecule has 24 aromatic heterocycles. The van der Waals surface area contributed by atoms with Crippen molar-refractivity contribution in [2.45, 2.75) is 0 Å². The molecule has 0 unspecified atom stereocenters. The molecule has 0 fully saturated rings. The minimum atomic E-state index is 0.962. The van der Waals surface area contributed by atoms with Crippen LogP contribution in [0.25, 0.3) is 286 Å². The van der Waals surface area contributed by atoms with Crippen LogP contribution in [-0.4, -0.2) is 86.2 Å². The molecule has 0 saturated heterocycles. The van der Waals surface area contributed by atoms with Crippen molar-refractivity contribution >= 4 is 354 Å². The highest BCUT2D eigenvalue weighted by Gasteiger charge is 2.24. The molecule has 12 aromatic carbocycles. The molecule has 0 N–H and O–H groups in total. The Morgan fingerprint density at radius 2 is 0.444 bits per heavy atom. The van der Waals surface area contributed by atoms with Gasteiger partial charge in [-0.15, -0.1) is 68.0 Å². The highest BCUT2D eigenvalue weighted by atomic mass is 32.1. The quantitative estimate of drug-likeness (QED) is 0.131. The Morgan fingerprint density at radius 3 is 0.951 bits per heavy atom. The number of thiophene rings is 6. The lowest BCUT2D eigenvalue weighted by Gasteiger charge is -2.09. The van der Waals surface area contributed by atoms with Gasteiger partial charge in [-0.25, -0.2) is 29.9 Å². The van der Waals surface area contributed by atoms with Crippen molar-refractivity contribution in [3.63, 3.8) is 0 Å². The van der Waals surface area contributed by atoms with Crippen LogP contribution in [0.1, 0.15) is 0 Å². The van der Waals surface area contributed by atoms with Crippen molar-refractivity contribution in [2.75, 3.05) is 0 Å². The Bertz CT molecular complexity index is 11700. The van der Waals surface area contributed by atoms with E-state index in [1.165, 1.54) is 164 Å². The molecule has 24 heteroatoms. The highest BCUT2D eigenvalue weighted by molar-refractivity contribution is 7.28. The first-order chi connectivity index (χ1) is 71.5. The van der Waals surface area contributed by atoms with E-state index < -0.39 is 0 Å². The number of pyridine rings is 12. The van der Waals surface area contributed by atoms with Crippen LogP contribution in [0, 0.1) is 0 Å². The Kier molecular flexibility index (Phi) is 17.9. The molecule has 0 atom stereocenters. The Hall–Kier alpha value is -17.9. The number of fused-ring (bicyclic) bond motifs is 58. The molecule has 0 bridgehead atoms. The van der Waals surface area contributed by atoms with Crippen molar-refractivity contribution in [1.82, 2.24) is 86.2 Å². The van der Waals surface area contributed by atoms with Gasteiger partial charge in [-0.3, -0.25) is 56.3 Å². The van der Waals surface area contributed by atoms with E-state index in [0.717, 1.165) is 121 Å². The predicted octanol–water partition coefficient (Wildman–Crippen LogP) is 32.4. The van der Waals surface area contributed by atoms with Crippen LogP contribution in [0.5, 0.6) is 0 Å². The lowest BCUT2D eigenvalue weighted by molar-refractivity contribution is 1.27. The SMILES string of the molecule is c1ccc2c(c1)sc1c2ccc2c1c1ncccc1c1nccn21.c1ccc2c(c1)sc1c2ccc2c3ncccc3c3nccn3c21.c1ccc2c(c1)sc1cc3c(cc12)c1ncccc1c1nccn31.c1ccc2c(c1)sc1cc3c4ncccc4c4nccn4c3cc12.c1ccc2c(c1)sc1ccc3c(c4ncccc4c4nccn34)c12.c1ccc2c(c1)sc1ccc3c4ncccc4c4nccn4c3c12. The van der Waals surface area contributed by atoms with Crippen LogP contribution in [0.3, 0.4) is 0 Å². The predicted molar refractivity (Wildman–Crippen MR) is 605 cm³/mol. The van der Waals surface area contributed by atoms with Crippen LogP contribution in [0.2, 0.25) is 0 Å². The summed E-state index contributed by atoms with van der Waals surface area (Å²) in [6.07, 6.45) is 34.6. The van der Waals surface area contributed by atoms with Gasteiger partial charge in [-0.05, 0) is 170 Å². The van der Waals surface area contributed by atoms with E-state index in [1.54, 1.807) is 0 Å². The Balaban J connectivity index is 0.0000000788. The van der Waals surface area contributed by atoms with E-state index in [2.05, 4.69) is 337 Å². The van der Waals surface area contributed by atoms with Crippen molar-refractivity contribution in [3.8, 4) is 0 Å². The second-order valence-corrected chi connectivity index (χ2v) is 42.2. The van der Waals surface area contributed by atoms with Crippen LogP contribution in [0.15, 0.2) is 403 Å². The smallest absolute Gasteiger partial charge is 0.146 e. The zero-order valence-corrected chi connectivity index (χ0v) is 80.5. The van der Waals surface area contributed by atoms with Gasteiger partial charge in [0.1, 0.15) is 33.9 Å². The molecule has 144 heavy (non-hydrogen) atoms. The van der Waals surface area contributed by atoms with Gasteiger partial charge < -0.3 is 0 Å². The number of hydrogen-bond acceptors (Lipinski definition) is 18. The van der Waals surface area contributed by atoms with E-state index >= 15 is 0 Å². The highest BCUT2D eigenvalue weighted by Crippen LogP contribution is 2.49. The maximum absolute atomic E-state index is 4.73. The number of aromatic nitrogens is 18. The largest absolute Gasteiger partial charge is 0.299 e. The van der Waals surface area contributed by atoms with E-state index in [-0.39, 0.29) is 0 Å². The number of rotatable bonds is 0. The summed E-state index contributed by atoms with van der Waals surface area (Å²) in [5.41, 5.74) is 19.0. The van der Waals surface area contributed by atoms with Gasteiger partial charge in [-0.1, -0.05) is 121 Å². The molecule has 24 heterocycles. The summed E-state index contributed by atoms with van der Waals surface area (Å²) in [4.78, 5) is 55.4. The fourth-order valence-electron chi connectivity index (χ4n) is 22.1. The van der Waals surface area contributed by atoms with Gasteiger partial charge in [-0.2, -0.15) is 0 Å². The third kappa shape index (κ3) is 12.1. The monoisotopic (exact) mass is 1950 g/mol. The van der Waals surface area contributed by atoms with Gasteiger partial charge in [0.2, 0.25) is 0 Å². The average molecular weight is 1950 g/mol. The van der Waals surface area contributed by atoms with E-state index in [0.29, 0.717) is 0 Å². The molecule has 0 aliphatic rings. The summed E-state index contributed by atoms with van der Waals surface area (Å²) >= 11 is 11.0.